The first kappa shape index (κ1) is 16.0. The summed E-state index contributed by atoms with van der Waals surface area (Å²) in [7, 11) is 1.86. The Labute approximate surface area is 120 Å². The number of nitrogens with one attached hydrogen (secondary N) is 2. The molecule has 0 saturated carbocycles. The average Bonchev–Trinajstić information content (AvgIpc) is 2.89. The van der Waals surface area contributed by atoms with Crippen LogP contribution in [-0.2, 0) is 7.05 Å². The zero-order valence-corrected chi connectivity index (χ0v) is 12.6. The highest BCUT2D eigenvalue weighted by Gasteiger charge is 2.18. The second-order valence-electron chi connectivity index (χ2n) is 5.01. The largest absolute Gasteiger partial charge is 0.352 e. The highest BCUT2D eigenvalue weighted by molar-refractivity contribution is 5.96. The van der Waals surface area contributed by atoms with E-state index in [1.54, 1.807) is 4.68 Å². The number of rotatable bonds is 4. The third-order valence-corrected chi connectivity index (χ3v) is 3.68. The van der Waals surface area contributed by atoms with E-state index in [-0.39, 0.29) is 18.3 Å². The standard InChI is InChI=1S/C13H22N4O.ClH/c1-9-12(10(2)17(3)16-9)13(18)15-8-6-11-5-4-7-14-11;/h11,14H,4-8H2,1-3H3,(H,15,18);1H/t11-;/m1./s1. The molecular weight excluding hydrogens is 264 g/mol. The number of amides is 1. The van der Waals surface area contributed by atoms with E-state index < -0.39 is 0 Å². The molecule has 1 fully saturated rings. The van der Waals surface area contributed by atoms with E-state index in [0.717, 1.165) is 36.5 Å². The van der Waals surface area contributed by atoms with Crippen molar-refractivity contribution in [1.29, 1.82) is 0 Å². The van der Waals surface area contributed by atoms with Gasteiger partial charge in [-0.3, -0.25) is 9.48 Å². The summed E-state index contributed by atoms with van der Waals surface area (Å²) in [6.45, 7) is 5.64. The van der Waals surface area contributed by atoms with Crippen molar-refractivity contribution < 1.29 is 4.79 Å². The van der Waals surface area contributed by atoms with Gasteiger partial charge < -0.3 is 10.6 Å². The lowest BCUT2D eigenvalue weighted by atomic mass is 10.1. The third kappa shape index (κ3) is 3.70. The minimum Gasteiger partial charge on any atom is -0.352 e. The highest BCUT2D eigenvalue weighted by atomic mass is 35.5. The van der Waals surface area contributed by atoms with Crippen molar-refractivity contribution in [3.8, 4) is 0 Å². The van der Waals surface area contributed by atoms with E-state index in [1.165, 1.54) is 12.8 Å². The number of aryl methyl sites for hydroxylation is 2. The zero-order valence-electron chi connectivity index (χ0n) is 11.8. The Bertz CT molecular complexity index is 438. The summed E-state index contributed by atoms with van der Waals surface area (Å²) in [4.78, 5) is 12.1. The van der Waals surface area contributed by atoms with Crippen molar-refractivity contribution >= 4 is 18.3 Å². The first-order valence-electron chi connectivity index (χ1n) is 6.61. The Morgan fingerprint density at radius 2 is 2.26 bits per heavy atom. The van der Waals surface area contributed by atoms with Crippen LogP contribution in [0.2, 0.25) is 0 Å². The number of aromatic nitrogens is 2. The average molecular weight is 287 g/mol. The maximum atomic E-state index is 12.1. The van der Waals surface area contributed by atoms with Crippen molar-refractivity contribution in [2.75, 3.05) is 13.1 Å². The third-order valence-electron chi connectivity index (χ3n) is 3.68. The molecule has 108 valence electrons. The van der Waals surface area contributed by atoms with E-state index in [1.807, 2.05) is 20.9 Å². The van der Waals surface area contributed by atoms with E-state index in [0.29, 0.717) is 6.04 Å². The van der Waals surface area contributed by atoms with Crippen molar-refractivity contribution in [3.05, 3.63) is 17.0 Å². The molecule has 2 N–H and O–H groups in total. The molecule has 0 bridgehead atoms. The van der Waals surface area contributed by atoms with Gasteiger partial charge in [0.05, 0.1) is 11.3 Å². The molecule has 0 spiro atoms. The van der Waals surface area contributed by atoms with Gasteiger partial charge >= 0.3 is 0 Å². The zero-order chi connectivity index (χ0) is 13.1. The molecular formula is C13H23ClN4O. The van der Waals surface area contributed by atoms with Crippen LogP contribution in [0.1, 0.15) is 41.0 Å². The van der Waals surface area contributed by atoms with E-state index in [4.69, 9.17) is 0 Å². The summed E-state index contributed by atoms with van der Waals surface area (Å²) in [6.07, 6.45) is 3.48. The second-order valence-corrected chi connectivity index (χ2v) is 5.01. The number of hydrogen-bond donors (Lipinski definition) is 2. The van der Waals surface area contributed by atoms with Gasteiger partial charge in [0.25, 0.3) is 5.91 Å². The van der Waals surface area contributed by atoms with Crippen LogP contribution in [0.5, 0.6) is 0 Å². The normalized spacial score (nSPS) is 18.2. The topological polar surface area (TPSA) is 59.0 Å². The number of nitrogens with zero attached hydrogens (tertiary/aromatic N) is 2. The smallest absolute Gasteiger partial charge is 0.255 e. The second kappa shape index (κ2) is 6.91. The molecule has 1 saturated heterocycles. The van der Waals surface area contributed by atoms with Crippen molar-refractivity contribution in [1.82, 2.24) is 20.4 Å². The number of carbonyl (C=O) groups excluding carboxylic acids is 1. The summed E-state index contributed by atoms with van der Waals surface area (Å²) < 4.78 is 1.75. The van der Waals surface area contributed by atoms with Gasteiger partial charge in [0.15, 0.2) is 0 Å². The monoisotopic (exact) mass is 286 g/mol. The summed E-state index contributed by atoms with van der Waals surface area (Å²) in [5.74, 6) is -0.00361. The molecule has 1 amide bonds. The van der Waals surface area contributed by atoms with Gasteiger partial charge in [-0.25, -0.2) is 0 Å². The molecule has 5 nitrogen and oxygen atoms in total. The number of hydrogen-bond acceptors (Lipinski definition) is 3. The predicted octanol–water partition coefficient (Wildman–Crippen LogP) is 1.33. The van der Waals surface area contributed by atoms with Crippen LogP contribution in [0.25, 0.3) is 0 Å². The number of carbonyl (C=O) groups is 1. The highest BCUT2D eigenvalue weighted by Crippen LogP contribution is 2.12. The first-order chi connectivity index (χ1) is 8.59. The van der Waals surface area contributed by atoms with Gasteiger partial charge in [-0.05, 0) is 39.7 Å². The maximum Gasteiger partial charge on any atom is 0.255 e. The van der Waals surface area contributed by atoms with Crippen LogP contribution in [-0.4, -0.2) is 34.8 Å². The van der Waals surface area contributed by atoms with Gasteiger partial charge in [0.2, 0.25) is 0 Å². The Kier molecular flexibility index (Phi) is 5.82. The molecule has 2 rings (SSSR count). The van der Waals surface area contributed by atoms with Crippen molar-refractivity contribution in [2.24, 2.45) is 7.05 Å². The molecule has 0 unspecified atom stereocenters. The summed E-state index contributed by atoms with van der Waals surface area (Å²) in [6, 6.07) is 0.571. The first-order valence-corrected chi connectivity index (χ1v) is 6.61. The van der Waals surface area contributed by atoms with Gasteiger partial charge in [-0.2, -0.15) is 5.10 Å². The Morgan fingerprint density at radius 3 is 2.79 bits per heavy atom. The fraction of sp³-hybridized carbons (Fsp3) is 0.692. The van der Waals surface area contributed by atoms with Crippen molar-refractivity contribution in [3.63, 3.8) is 0 Å². The van der Waals surface area contributed by atoms with Crippen molar-refractivity contribution in [2.45, 2.75) is 39.2 Å². The Morgan fingerprint density at radius 1 is 1.53 bits per heavy atom. The molecule has 19 heavy (non-hydrogen) atoms. The van der Waals surface area contributed by atoms with Crippen LogP contribution < -0.4 is 10.6 Å². The van der Waals surface area contributed by atoms with Crippen LogP contribution >= 0.6 is 12.4 Å². The quantitative estimate of drug-likeness (QED) is 0.878. The van der Waals surface area contributed by atoms with Crippen LogP contribution in [0.4, 0.5) is 0 Å². The summed E-state index contributed by atoms with van der Waals surface area (Å²) >= 11 is 0. The maximum absolute atomic E-state index is 12.1. The molecule has 0 radical (unpaired) electrons. The van der Waals surface area contributed by atoms with Gasteiger partial charge in [-0.1, -0.05) is 0 Å². The van der Waals surface area contributed by atoms with Gasteiger partial charge in [0, 0.05) is 25.3 Å². The fourth-order valence-corrected chi connectivity index (χ4v) is 2.55. The molecule has 1 aromatic rings. The van der Waals surface area contributed by atoms with E-state index >= 15 is 0 Å². The van der Waals surface area contributed by atoms with E-state index in [9.17, 15) is 4.79 Å². The minimum absolute atomic E-state index is 0. The molecule has 6 heteroatoms. The van der Waals surface area contributed by atoms with Crippen LogP contribution in [0.15, 0.2) is 0 Å². The molecule has 1 aliphatic rings. The molecule has 0 aliphatic carbocycles. The Balaban J connectivity index is 0.00000180. The fourth-order valence-electron chi connectivity index (χ4n) is 2.55. The summed E-state index contributed by atoms with van der Waals surface area (Å²) in [5.41, 5.74) is 2.44. The van der Waals surface area contributed by atoms with E-state index in [2.05, 4.69) is 15.7 Å². The lowest BCUT2D eigenvalue weighted by Crippen LogP contribution is -2.31. The SMILES string of the molecule is Cc1nn(C)c(C)c1C(=O)NCC[C@H]1CCCN1.Cl. The molecule has 2 heterocycles. The predicted molar refractivity (Wildman–Crippen MR) is 77.9 cm³/mol. The summed E-state index contributed by atoms with van der Waals surface area (Å²) in [5, 5.41) is 10.7. The lowest BCUT2D eigenvalue weighted by molar-refractivity contribution is 0.0951. The molecule has 1 aromatic heterocycles. The molecule has 1 aliphatic heterocycles. The van der Waals surface area contributed by atoms with Gasteiger partial charge in [-0.15, -0.1) is 12.4 Å². The number of halogens is 1. The van der Waals surface area contributed by atoms with Gasteiger partial charge in [0.1, 0.15) is 0 Å². The van der Waals surface area contributed by atoms with Crippen LogP contribution in [0, 0.1) is 13.8 Å². The molecule has 0 aromatic carbocycles. The molecule has 1 atom stereocenters. The minimum atomic E-state index is -0.00361. The van der Waals surface area contributed by atoms with Crippen LogP contribution in [0.3, 0.4) is 0 Å². The lowest BCUT2D eigenvalue weighted by Gasteiger charge is -2.10. The Hall–Kier alpha value is -1.07.